The van der Waals surface area contributed by atoms with Crippen LogP contribution in [0, 0.1) is 12.8 Å². The second-order valence-electron chi connectivity index (χ2n) is 6.59. The van der Waals surface area contributed by atoms with E-state index in [0.717, 1.165) is 27.8 Å². The number of anilines is 1. The minimum atomic E-state index is -0.842. The van der Waals surface area contributed by atoms with E-state index in [0.29, 0.717) is 12.1 Å². The van der Waals surface area contributed by atoms with Crippen molar-refractivity contribution >= 4 is 22.6 Å². The minimum absolute atomic E-state index is 0.364. The second-order valence-corrected chi connectivity index (χ2v) is 6.59. The first-order valence-electron chi connectivity index (χ1n) is 8.44. The molecule has 0 aliphatic carbocycles. The third kappa shape index (κ3) is 3.47. The molecular weight excluding hydrogens is 330 g/mol. The van der Waals surface area contributed by atoms with E-state index >= 15 is 0 Å². The first kappa shape index (κ1) is 17.7. The zero-order valence-electron chi connectivity index (χ0n) is 15.0. The molecule has 1 aromatic heterocycles. The lowest BCUT2D eigenvalue weighted by atomic mass is 9.98. The zero-order valence-corrected chi connectivity index (χ0v) is 15.0. The van der Waals surface area contributed by atoms with Crippen LogP contribution in [0.3, 0.4) is 0 Å². The van der Waals surface area contributed by atoms with Crippen molar-refractivity contribution in [1.82, 2.24) is 0 Å². The van der Waals surface area contributed by atoms with E-state index in [1.54, 1.807) is 13.0 Å². The highest BCUT2D eigenvalue weighted by atomic mass is 16.4. The molecule has 1 atom stereocenters. The number of benzene rings is 2. The minimum Gasteiger partial charge on any atom is -0.481 e. The number of carboxylic acid groups (broad SMARTS) is 1. The Morgan fingerprint density at radius 1 is 1.15 bits per heavy atom. The van der Waals surface area contributed by atoms with Crippen molar-refractivity contribution in [3.8, 4) is 11.1 Å². The summed E-state index contributed by atoms with van der Waals surface area (Å²) in [6.07, 6.45) is 0. The van der Waals surface area contributed by atoms with Gasteiger partial charge in [-0.15, -0.1) is 0 Å². The van der Waals surface area contributed by atoms with Gasteiger partial charge in [0.25, 0.3) is 0 Å². The summed E-state index contributed by atoms with van der Waals surface area (Å²) in [6, 6.07) is 15.0. The summed E-state index contributed by atoms with van der Waals surface area (Å²) in [5.74, 6) is -1.34. The van der Waals surface area contributed by atoms with Crippen LogP contribution in [0.25, 0.3) is 22.1 Å². The molecule has 1 N–H and O–H groups in total. The van der Waals surface area contributed by atoms with Crippen LogP contribution in [0.2, 0.25) is 0 Å². The monoisotopic (exact) mass is 351 g/mol. The molecule has 5 heteroatoms. The van der Waals surface area contributed by atoms with Crippen molar-refractivity contribution in [2.45, 2.75) is 13.8 Å². The van der Waals surface area contributed by atoms with Gasteiger partial charge >= 0.3 is 11.6 Å². The standard InChI is InChI=1S/C21H21NO4/c1-13-6-4-5-7-16(13)18-11-20(23)26-19-10-15(8-9-17(18)19)22(3)12-14(2)21(24)25/h4-11,14H,12H2,1-3H3,(H,24,25)/t14-/m0/s1. The Bertz CT molecular complexity index is 1020. The number of rotatable bonds is 5. The predicted molar refractivity (Wildman–Crippen MR) is 103 cm³/mol. The Labute approximate surface area is 151 Å². The molecule has 3 aromatic rings. The van der Waals surface area contributed by atoms with Crippen LogP contribution < -0.4 is 10.5 Å². The van der Waals surface area contributed by atoms with E-state index in [1.165, 1.54) is 6.07 Å². The van der Waals surface area contributed by atoms with E-state index in [1.807, 2.05) is 55.3 Å². The SMILES string of the molecule is Cc1ccccc1-c1cc(=O)oc2cc(N(C)C[C@H](C)C(=O)O)ccc12. The van der Waals surface area contributed by atoms with Gasteiger partial charge in [-0.05, 0) is 30.2 Å². The average molecular weight is 351 g/mol. The summed E-state index contributed by atoms with van der Waals surface area (Å²) in [6.45, 7) is 4.03. The van der Waals surface area contributed by atoms with Gasteiger partial charge in [-0.3, -0.25) is 4.79 Å². The quantitative estimate of drug-likeness (QED) is 0.705. The highest BCUT2D eigenvalue weighted by molar-refractivity contribution is 5.95. The van der Waals surface area contributed by atoms with Crippen molar-refractivity contribution < 1.29 is 14.3 Å². The van der Waals surface area contributed by atoms with Crippen LogP contribution >= 0.6 is 0 Å². The van der Waals surface area contributed by atoms with Gasteiger partial charge in [0.1, 0.15) is 5.58 Å². The molecule has 0 aliphatic heterocycles. The molecule has 0 saturated heterocycles. The summed E-state index contributed by atoms with van der Waals surface area (Å²) < 4.78 is 5.41. The third-order valence-electron chi connectivity index (χ3n) is 4.57. The molecule has 0 saturated carbocycles. The number of fused-ring (bicyclic) bond motifs is 1. The Balaban J connectivity index is 2.08. The van der Waals surface area contributed by atoms with Crippen LogP contribution in [0.1, 0.15) is 12.5 Å². The highest BCUT2D eigenvalue weighted by Crippen LogP contribution is 2.31. The smallest absolute Gasteiger partial charge is 0.336 e. The maximum absolute atomic E-state index is 12.1. The van der Waals surface area contributed by atoms with Gasteiger partial charge in [0.2, 0.25) is 0 Å². The lowest BCUT2D eigenvalue weighted by molar-refractivity contribution is -0.140. The second kappa shape index (κ2) is 7.04. The molecular formula is C21H21NO4. The molecule has 3 rings (SSSR count). The lowest BCUT2D eigenvalue weighted by Crippen LogP contribution is -2.28. The summed E-state index contributed by atoms with van der Waals surface area (Å²) in [7, 11) is 1.82. The Morgan fingerprint density at radius 3 is 2.58 bits per heavy atom. The number of carboxylic acids is 1. The molecule has 1 heterocycles. The molecule has 26 heavy (non-hydrogen) atoms. The maximum Gasteiger partial charge on any atom is 0.336 e. The number of aliphatic carboxylic acids is 1. The Morgan fingerprint density at radius 2 is 1.88 bits per heavy atom. The molecule has 0 amide bonds. The fourth-order valence-electron chi connectivity index (χ4n) is 3.08. The van der Waals surface area contributed by atoms with Gasteiger partial charge in [-0.1, -0.05) is 31.2 Å². The summed E-state index contributed by atoms with van der Waals surface area (Å²) in [5.41, 5.74) is 3.79. The average Bonchev–Trinajstić information content (AvgIpc) is 2.60. The first-order chi connectivity index (χ1) is 12.4. The van der Waals surface area contributed by atoms with Gasteiger partial charge < -0.3 is 14.4 Å². The van der Waals surface area contributed by atoms with Crippen LogP contribution in [0.15, 0.2) is 57.7 Å². The molecule has 134 valence electrons. The molecule has 0 radical (unpaired) electrons. The number of hydrogen-bond donors (Lipinski definition) is 1. The largest absolute Gasteiger partial charge is 0.481 e. The fraction of sp³-hybridized carbons (Fsp3) is 0.238. The zero-order chi connectivity index (χ0) is 18.8. The van der Waals surface area contributed by atoms with Crippen molar-refractivity contribution in [1.29, 1.82) is 0 Å². The van der Waals surface area contributed by atoms with Crippen LogP contribution in [0.5, 0.6) is 0 Å². The molecule has 5 nitrogen and oxygen atoms in total. The summed E-state index contributed by atoms with van der Waals surface area (Å²) in [5, 5.41) is 9.94. The lowest BCUT2D eigenvalue weighted by Gasteiger charge is -2.22. The van der Waals surface area contributed by atoms with Gasteiger partial charge in [0, 0.05) is 42.4 Å². The van der Waals surface area contributed by atoms with E-state index in [9.17, 15) is 9.59 Å². The normalized spacial score (nSPS) is 12.1. The number of carbonyl (C=O) groups is 1. The molecule has 0 aliphatic rings. The third-order valence-corrected chi connectivity index (χ3v) is 4.57. The van der Waals surface area contributed by atoms with Crippen LogP contribution in [0.4, 0.5) is 5.69 Å². The first-order valence-corrected chi connectivity index (χ1v) is 8.44. The number of hydrogen-bond acceptors (Lipinski definition) is 4. The molecule has 0 fully saturated rings. The number of aryl methyl sites for hydroxylation is 1. The molecule has 0 bridgehead atoms. The molecule has 0 spiro atoms. The Hall–Kier alpha value is -3.08. The van der Waals surface area contributed by atoms with E-state index in [-0.39, 0.29) is 0 Å². The van der Waals surface area contributed by atoms with Gasteiger partial charge in [0.15, 0.2) is 0 Å². The van der Waals surface area contributed by atoms with Gasteiger partial charge in [0.05, 0.1) is 5.92 Å². The summed E-state index contributed by atoms with van der Waals surface area (Å²) in [4.78, 5) is 25.0. The summed E-state index contributed by atoms with van der Waals surface area (Å²) >= 11 is 0. The maximum atomic E-state index is 12.1. The highest BCUT2D eigenvalue weighted by Gasteiger charge is 2.16. The van der Waals surface area contributed by atoms with Crippen LogP contribution in [-0.2, 0) is 4.79 Å². The molecule has 2 aromatic carbocycles. The fourth-order valence-corrected chi connectivity index (χ4v) is 3.08. The van der Waals surface area contributed by atoms with E-state index in [2.05, 4.69) is 0 Å². The van der Waals surface area contributed by atoms with Crippen molar-refractivity contribution in [3.63, 3.8) is 0 Å². The van der Waals surface area contributed by atoms with E-state index in [4.69, 9.17) is 9.52 Å². The molecule has 0 unspecified atom stereocenters. The van der Waals surface area contributed by atoms with Crippen molar-refractivity contribution in [3.05, 3.63) is 64.5 Å². The van der Waals surface area contributed by atoms with Crippen molar-refractivity contribution in [2.24, 2.45) is 5.92 Å². The van der Waals surface area contributed by atoms with E-state index < -0.39 is 17.5 Å². The van der Waals surface area contributed by atoms with Crippen molar-refractivity contribution in [2.75, 3.05) is 18.5 Å². The Kier molecular flexibility index (Phi) is 4.80. The predicted octanol–water partition coefficient (Wildman–Crippen LogP) is 3.93. The van der Waals surface area contributed by atoms with Gasteiger partial charge in [-0.2, -0.15) is 0 Å². The number of nitrogens with zero attached hydrogens (tertiary/aromatic N) is 1. The van der Waals surface area contributed by atoms with Crippen LogP contribution in [-0.4, -0.2) is 24.7 Å². The van der Waals surface area contributed by atoms with Gasteiger partial charge in [-0.25, -0.2) is 4.79 Å². The topological polar surface area (TPSA) is 70.8 Å².